The van der Waals surface area contributed by atoms with Crippen LogP contribution >= 0.6 is 0 Å². The van der Waals surface area contributed by atoms with Crippen LogP contribution in [-0.4, -0.2) is 121 Å². The van der Waals surface area contributed by atoms with Gasteiger partial charge in [0.05, 0.1) is 0 Å². The zero-order valence-electron chi connectivity index (χ0n) is 11.2. The van der Waals surface area contributed by atoms with E-state index in [1.807, 2.05) is 0 Å². The minimum Gasteiger partial charge on any atom is -0.672 e. The molecule has 0 fully saturated rings. The fraction of sp³-hybridized carbons (Fsp3) is 0. The molecule has 0 atom stereocenters. The molecular formula is Ca2O15Sc2Si5. The van der Waals surface area contributed by atoms with Crippen molar-refractivity contribution < 1.29 is 122 Å². The molecule has 0 N–H and O–H groups in total. The fourth-order valence-electron chi connectivity index (χ4n) is 0. The molecule has 0 aromatic carbocycles. The van der Waals surface area contributed by atoms with Crippen LogP contribution in [0.4, 0.5) is 0 Å². The van der Waals surface area contributed by atoms with Gasteiger partial charge in [0.2, 0.25) is 0 Å². The van der Waals surface area contributed by atoms with Crippen molar-refractivity contribution in [1.82, 2.24) is 0 Å². The first-order chi connectivity index (χ1) is 8.66. The molecule has 0 aromatic heterocycles. The third-order valence-corrected chi connectivity index (χ3v) is 0. The van der Waals surface area contributed by atoms with Crippen LogP contribution in [-0.2, 0) is 74.0 Å². The van der Waals surface area contributed by atoms with Crippen LogP contribution in [0.15, 0.2) is 0 Å². The van der Waals surface area contributed by atoms with Crippen LogP contribution in [0.2, 0.25) is 0 Å². The summed E-state index contributed by atoms with van der Waals surface area (Å²) in [6.07, 6.45) is 0. The largest absolute Gasteiger partial charge is 3.00 e. The van der Waals surface area contributed by atoms with E-state index in [0.29, 0.717) is 0 Å². The number of rotatable bonds is 0. The molecule has 0 bridgehead atoms. The third kappa shape index (κ3) is 2410. The smallest absolute Gasteiger partial charge is 0.672 e. The average molecular weight is 550 g/mol. The maximum atomic E-state index is 8.52. The molecule has 0 amide bonds. The van der Waals surface area contributed by atoms with Crippen molar-refractivity contribution in [2.24, 2.45) is 0 Å². The number of hydrogen-bond donors (Lipinski definition) is 0. The van der Waals surface area contributed by atoms with Gasteiger partial charge in [-0.05, 0) is 0 Å². The van der Waals surface area contributed by atoms with Gasteiger partial charge in [-0.3, -0.25) is 0 Å². The summed E-state index contributed by atoms with van der Waals surface area (Å²) in [6, 6.07) is 0. The van der Waals surface area contributed by atoms with Crippen LogP contribution in [0.25, 0.3) is 0 Å². The first kappa shape index (κ1) is 56.3. The van der Waals surface area contributed by atoms with Crippen LogP contribution in [0.1, 0.15) is 0 Å². The summed E-state index contributed by atoms with van der Waals surface area (Å²) in [4.78, 5) is 85.2. The van der Waals surface area contributed by atoms with Crippen molar-refractivity contribution in [3.05, 3.63) is 0 Å². The molecule has 0 aliphatic heterocycles. The van der Waals surface area contributed by atoms with Crippen molar-refractivity contribution in [1.29, 1.82) is 0 Å². The van der Waals surface area contributed by atoms with Crippen molar-refractivity contribution in [2.75, 3.05) is 0 Å². The van der Waals surface area contributed by atoms with Gasteiger partial charge in [0.15, 0.2) is 0 Å². The average Bonchev–Trinajstić information content (AvgIpc) is 1.94. The Morgan fingerprint density at radius 1 is 0.333 bits per heavy atom. The molecule has 0 rings (SSSR count). The Morgan fingerprint density at radius 2 is 0.333 bits per heavy atom. The Bertz CT molecular complexity index is 221. The second kappa shape index (κ2) is 49.9. The van der Waals surface area contributed by atoms with Crippen molar-refractivity contribution in [2.45, 2.75) is 0 Å². The first-order valence-electron chi connectivity index (χ1n) is 3.06. The Balaban J connectivity index is -0.0000000161. The van der Waals surface area contributed by atoms with E-state index < -0.39 is 45.9 Å². The predicted octanol–water partition coefficient (Wildman–Crippen LogP) is -15.2. The second-order valence-electron chi connectivity index (χ2n) is 1.25. The molecule has 15 nitrogen and oxygen atoms in total. The summed E-state index contributed by atoms with van der Waals surface area (Å²) in [5, 5.41) is 0. The summed E-state index contributed by atoms with van der Waals surface area (Å²) >= 11 is 0. The summed E-state index contributed by atoms with van der Waals surface area (Å²) in [7, 11) is -18.1. The zero-order valence-corrected chi connectivity index (χ0v) is 24.2. The standard InChI is InChI=1S/2Ca.5O3Si.2Sc/c;;5*1-4(2)3;;/q2*+2;5*-2;2*+3. The zero-order chi connectivity index (χ0) is 17.9. The molecule has 24 heteroatoms. The van der Waals surface area contributed by atoms with Gasteiger partial charge in [0.25, 0.3) is 0 Å². The van der Waals surface area contributed by atoms with Gasteiger partial charge in [-0.1, -0.05) is 0 Å². The molecule has 120 valence electrons. The molecule has 0 heterocycles. The van der Waals surface area contributed by atoms with E-state index >= 15 is 0 Å². The number of hydrogen-bond acceptors (Lipinski definition) is 15. The Labute approximate surface area is 239 Å². The Morgan fingerprint density at radius 3 is 0.333 bits per heavy atom. The molecule has 0 aliphatic carbocycles. The van der Waals surface area contributed by atoms with E-state index in [2.05, 4.69) is 0 Å². The quantitative estimate of drug-likeness (QED) is 0.253. The van der Waals surface area contributed by atoms with E-state index in [1.54, 1.807) is 0 Å². The van der Waals surface area contributed by atoms with E-state index in [4.69, 9.17) is 70.3 Å². The monoisotopic (exact) mass is 550 g/mol. The van der Waals surface area contributed by atoms with E-state index in [9.17, 15) is 0 Å². The molecule has 0 unspecified atom stereocenters. The molecule has 0 saturated heterocycles. The van der Waals surface area contributed by atoms with Gasteiger partial charge in [-0.25, -0.2) is 0 Å². The predicted molar refractivity (Wildman–Crippen MR) is 43.7 cm³/mol. The van der Waals surface area contributed by atoms with Crippen molar-refractivity contribution >= 4 is 121 Å². The van der Waals surface area contributed by atoms with E-state index in [1.165, 1.54) is 0 Å². The van der Waals surface area contributed by atoms with E-state index in [-0.39, 0.29) is 127 Å². The molecular weight excluding hydrogens is 550 g/mol. The fourth-order valence-corrected chi connectivity index (χ4v) is 0. The molecule has 24 heavy (non-hydrogen) atoms. The second-order valence-corrected chi connectivity index (χ2v) is 3.75. The molecule has 0 saturated carbocycles. The molecule has 0 spiro atoms. The van der Waals surface area contributed by atoms with Crippen LogP contribution in [0.5, 0.6) is 0 Å². The van der Waals surface area contributed by atoms with Crippen LogP contribution < -0.4 is 48.0 Å². The maximum absolute atomic E-state index is 8.52. The van der Waals surface area contributed by atoms with Gasteiger partial charge >= 0.3 is 127 Å². The SMILES string of the molecule is O=[Si]([O-])[O-].O=[Si]([O-])[O-].O=[Si]([O-])[O-].O=[Si]([O-])[O-].O=[Si]([O-])[O-].[Ca+2].[Ca+2].[Sc+3].[Sc+3]. The van der Waals surface area contributed by atoms with Gasteiger partial charge in [0.1, 0.15) is 0 Å². The Hall–Kier alpha value is 2.34. The topological polar surface area (TPSA) is 316 Å². The summed E-state index contributed by atoms with van der Waals surface area (Å²) in [5.41, 5.74) is 0. The molecule has 0 radical (unpaired) electrons. The third-order valence-electron chi connectivity index (χ3n) is 0. The van der Waals surface area contributed by atoms with Gasteiger partial charge < -0.3 is 70.3 Å². The molecule has 0 aliphatic rings. The normalized spacial score (nSPS) is 5.00. The minimum absolute atomic E-state index is 0. The summed E-state index contributed by atoms with van der Waals surface area (Å²) in [5.74, 6) is 0. The first-order valence-corrected chi connectivity index (χ1v) is 9.19. The van der Waals surface area contributed by atoms with E-state index in [0.717, 1.165) is 0 Å². The molecule has 0 aromatic rings. The van der Waals surface area contributed by atoms with Gasteiger partial charge in [0, 0.05) is 45.9 Å². The summed E-state index contributed by atoms with van der Waals surface area (Å²) < 4.78 is 42.6. The Kier molecular flexibility index (Phi) is 117. The summed E-state index contributed by atoms with van der Waals surface area (Å²) in [6.45, 7) is 0. The van der Waals surface area contributed by atoms with Gasteiger partial charge in [-0.2, -0.15) is 0 Å². The van der Waals surface area contributed by atoms with Crippen LogP contribution in [0, 0.1) is 0 Å². The van der Waals surface area contributed by atoms with Gasteiger partial charge in [-0.15, -0.1) is 0 Å². The van der Waals surface area contributed by atoms with Crippen LogP contribution in [0.3, 0.4) is 0 Å². The minimum atomic E-state index is -3.63. The van der Waals surface area contributed by atoms with Crippen molar-refractivity contribution in [3.8, 4) is 0 Å². The van der Waals surface area contributed by atoms with Crippen molar-refractivity contribution in [3.63, 3.8) is 0 Å². The maximum Gasteiger partial charge on any atom is 3.00 e.